The van der Waals surface area contributed by atoms with Crippen LogP contribution in [0.1, 0.15) is 15.4 Å². The van der Waals surface area contributed by atoms with E-state index in [1.54, 1.807) is 0 Å². The number of amides is 1. The summed E-state index contributed by atoms with van der Waals surface area (Å²) in [5.74, 6) is 0.0763. The van der Waals surface area contributed by atoms with Crippen molar-refractivity contribution < 1.29 is 4.79 Å². The highest BCUT2D eigenvalue weighted by Gasteiger charge is 2.21. The predicted molar refractivity (Wildman–Crippen MR) is 60.3 cm³/mol. The number of rotatable bonds is 1. The number of aryl methyl sites for hydroxylation is 1. The zero-order valence-corrected chi connectivity index (χ0v) is 9.88. The van der Waals surface area contributed by atoms with Crippen LogP contribution in [-0.2, 0) is 0 Å². The predicted octanol–water partition coefficient (Wildman–Crippen LogP) is 0.839. The van der Waals surface area contributed by atoms with Gasteiger partial charge in [0.05, 0.1) is 0 Å². The molecule has 0 aromatic carbocycles. The lowest BCUT2D eigenvalue weighted by Crippen LogP contribution is -2.47. The van der Waals surface area contributed by atoms with Gasteiger partial charge in [0, 0.05) is 31.1 Å². The lowest BCUT2D eigenvalue weighted by molar-refractivity contribution is 0.0659. The van der Waals surface area contributed by atoms with Crippen molar-refractivity contribution in [2.75, 3.05) is 33.2 Å². The summed E-state index contributed by atoms with van der Waals surface area (Å²) < 4.78 is 4.15. The number of nitrogens with zero attached hydrogens (tertiary/aromatic N) is 3. The second-order valence-electron chi connectivity index (χ2n) is 3.92. The topological polar surface area (TPSA) is 36.4 Å². The second-order valence-corrected chi connectivity index (χ2v) is 4.93. The number of carbonyl (C=O) groups is 1. The summed E-state index contributed by atoms with van der Waals surface area (Å²) in [6.07, 6.45) is 0. The minimum atomic E-state index is 0.0763. The molecule has 1 aliphatic heterocycles. The molecule has 0 saturated carbocycles. The van der Waals surface area contributed by atoms with Crippen molar-refractivity contribution in [1.82, 2.24) is 14.2 Å². The quantitative estimate of drug-likeness (QED) is 0.710. The molecule has 4 nitrogen and oxygen atoms in total. The van der Waals surface area contributed by atoms with Crippen molar-refractivity contribution in [3.8, 4) is 0 Å². The fourth-order valence-electron chi connectivity index (χ4n) is 1.64. The maximum absolute atomic E-state index is 12.0. The molecule has 2 rings (SSSR count). The Balaban J connectivity index is 2.02. The molecule has 0 bridgehead atoms. The number of aromatic nitrogens is 1. The average molecular weight is 225 g/mol. The molecular formula is C10H15N3OS. The Kier molecular flexibility index (Phi) is 3.02. The van der Waals surface area contributed by atoms with Crippen molar-refractivity contribution >= 4 is 17.4 Å². The summed E-state index contributed by atoms with van der Waals surface area (Å²) in [5.41, 5.74) is 0.599. The fourth-order valence-corrected chi connectivity index (χ4v) is 2.18. The molecular weight excluding hydrogens is 210 g/mol. The summed E-state index contributed by atoms with van der Waals surface area (Å²) in [6, 6.07) is 1.87. The first kappa shape index (κ1) is 10.6. The number of piperazine rings is 1. The first-order valence-corrected chi connectivity index (χ1v) is 5.85. The lowest BCUT2D eigenvalue weighted by atomic mass is 10.3. The van der Waals surface area contributed by atoms with E-state index in [2.05, 4.69) is 16.3 Å². The lowest BCUT2D eigenvalue weighted by Gasteiger charge is -2.31. The number of carbonyl (C=O) groups excluding carboxylic acids is 1. The molecule has 0 spiro atoms. The Morgan fingerprint density at radius 3 is 2.60 bits per heavy atom. The molecule has 2 heterocycles. The van der Waals surface area contributed by atoms with Gasteiger partial charge >= 0.3 is 0 Å². The highest BCUT2D eigenvalue weighted by molar-refractivity contribution is 7.05. The normalized spacial score (nSPS) is 18.1. The van der Waals surface area contributed by atoms with Crippen LogP contribution in [-0.4, -0.2) is 53.3 Å². The summed E-state index contributed by atoms with van der Waals surface area (Å²) >= 11 is 1.39. The summed E-state index contributed by atoms with van der Waals surface area (Å²) in [4.78, 5) is 17.2. The van der Waals surface area contributed by atoms with Crippen molar-refractivity contribution in [3.05, 3.63) is 16.6 Å². The van der Waals surface area contributed by atoms with Crippen LogP contribution in [0.5, 0.6) is 0 Å². The van der Waals surface area contributed by atoms with E-state index in [9.17, 15) is 4.79 Å². The largest absolute Gasteiger partial charge is 0.335 e. The van der Waals surface area contributed by atoms with E-state index in [-0.39, 0.29) is 5.91 Å². The van der Waals surface area contributed by atoms with Crippen LogP contribution in [0, 0.1) is 6.92 Å². The maximum Gasteiger partial charge on any atom is 0.273 e. The van der Waals surface area contributed by atoms with Crippen LogP contribution in [0.2, 0.25) is 0 Å². The van der Waals surface area contributed by atoms with Crippen LogP contribution in [0.3, 0.4) is 0 Å². The Labute approximate surface area is 93.7 Å². The zero-order chi connectivity index (χ0) is 10.8. The number of hydrogen-bond acceptors (Lipinski definition) is 4. The molecule has 0 aliphatic carbocycles. The highest BCUT2D eigenvalue weighted by atomic mass is 32.1. The Hall–Kier alpha value is -0.940. The third kappa shape index (κ3) is 2.35. The van der Waals surface area contributed by atoms with Crippen LogP contribution < -0.4 is 0 Å². The standard InChI is InChI=1S/C10H15N3OS/c1-8-7-9(11-15-8)10(14)13-5-3-12(2)4-6-13/h7H,3-6H2,1-2H3. The molecule has 0 radical (unpaired) electrons. The van der Waals surface area contributed by atoms with E-state index in [4.69, 9.17) is 0 Å². The van der Waals surface area contributed by atoms with Crippen molar-refractivity contribution in [3.63, 3.8) is 0 Å². The van der Waals surface area contributed by atoms with Crippen LogP contribution in [0.25, 0.3) is 0 Å². The van der Waals surface area contributed by atoms with E-state index < -0.39 is 0 Å². The molecule has 82 valence electrons. The van der Waals surface area contributed by atoms with E-state index >= 15 is 0 Å². The summed E-state index contributed by atoms with van der Waals surface area (Å²) in [7, 11) is 2.08. The van der Waals surface area contributed by atoms with Gasteiger partial charge in [-0.3, -0.25) is 4.79 Å². The first-order chi connectivity index (χ1) is 7.16. The zero-order valence-electron chi connectivity index (χ0n) is 9.06. The number of hydrogen-bond donors (Lipinski definition) is 0. The molecule has 1 fully saturated rings. The van der Waals surface area contributed by atoms with Crippen molar-refractivity contribution in [2.24, 2.45) is 0 Å². The van der Waals surface area contributed by atoms with Crippen molar-refractivity contribution in [1.29, 1.82) is 0 Å². The third-order valence-electron chi connectivity index (χ3n) is 2.64. The van der Waals surface area contributed by atoms with E-state index in [0.29, 0.717) is 5.69 Å². The molecule has 15 heavy (non-hydrogen) atoms. The van der Waals surface area contributed by atoms with Gasteiger partial charge in [0.15, 0.2) is 0 Å². The van der Waals surface area contributed by atoms with E-state index in [1.807, 2.05) is 17.9 Å². The minimum absolute atomic E-state index is 0.0763. The molecule has 0 unspecified atom stereocenters. The minimum Gasteiger partial charge on any atom is -0.335 e. The van der Waals surface area contributed by atoms with Gasteiger partial charge in [-0.15, -0.1) is 0 Å². The Morgan fingerprint density at radius 1 is 1.40 bits per heavy atom. The SMILES string of the molecule is Cc1cc(C(=O)N2CCN(C)CC2)ns1. The first-order valence-electron chi connectivity index (χ1n) is 5.08. The van der Waals surface area contributed by atoms with Crippen LogP contribution in [0.15, 0.2) is 6.07 Å². The van der Waals surface area contributed by atoms with Crippen LogP contribution >= 0.6 is 11.5 Å². The Morgan fingerprint density at radius 2 is 2.07 bits per heavy atom. The van der Waals surface area contributed by atoms with Crippen molar-refractivity contribution in [2.45, 2.75) is 6.92 Å². The molecule has 0 atom stereocenters. The van der Waals surface area contributed by atoms with E-state index in [1.165, 1.54) is 11.5 Å². The van der Waals surface area contributed by atoms with Crippen LogP contribution in [0.4, 0.5) is 0 Å². The third-order valence-corrected chi connectivity index (χ3v) is 3.33. The fraction of sp³-hybridized carbons (Fsp3) is 0.600. The molecule has 0 N–H and O–H groups in total. The molecule has 5 heteroatoms. The molecule has 1 aliphatic rings. The van der Waals surface area contributed by atoms with Gasteiger partial charge in [0.25, 0.3) is 5.91 Å². The van der Waals surface area contributed by atoms with Gasteiger partial charge in [-0.25, -0.2) is 0 Å². The highest BCUT2D eigenvalue weighted by Crippen LogP contribution is 2.11. The van der Waals surface area contributed by atoms with Gasteiger partial charge in [-0.1, -0.05) is 0 Å². The monoisotopic (exact) mass is 225 g/mol. The van der Waals surface area contributed by atoms with Gasteiger partial charge < -0.3 is 9.80 Å². The maximum atomic E-state index is 12.0. The van der Waals surface area contributed by atoms with Gasteiger partial charge in [-0.05, 0) is 31.6 Å². The summed E-state index contributed by atoms with van der Waals surface area (Å²) in [6.45, 7) is 5.50. The molecule has 1 amide bonds. The van der Waals surface area contributed by atoms with E-state index in [0.717, 1.165) is 31.1 Å². The Bertz CT molecular complexity index is 355. The molecule has 1 aromatic heterocycles. The number of likely N-dealkylation sites (N-methyl/N-ethyl adjacent to an activating group) is 1. The van der Waals surface area contributed by atoms with Gasteiger partial charge in [0.2, 0.25) is 0 Å². The average Bonchev–Trinajstić information content (AvgIpc) is 2.65. The smallest absolute Gasteiger partial charge is 0.273 e. The van der Waals surface area contributed by atoms with Gasteiger partial charge in [-0.2, -0.15) is 4.37 Å². The second kappa shape index (κ2) is 4.28. The summed E-state index contributed by atoms with van der Waals surface area (Å²) in [5, 5.41) is 0. The molecule has 1 aromatic rings. The molecule has 1 saturated heterocycles. The van der Waals surface area contributed by atoms with Gasteiger partial charge in [0.1, 0.15) is 5.69 Å².